The summed E-state index contributed by atoms with van der Waals surface area (Å²) >= 11 is 0. The number of alkyl halides is 2. The lowest BCUT2D eigenvalue weighted by molar-refractivity contribution is -0.137. The SMILES string of the molecule is COC(=O)NC(C(=O)N1C[C@]2(C[C@H]1c1ncc(-c3ccc(C#Cc4ccc5nc([C@@H]6CC7(CC7)CN6C(=O)[C@@H](C)C(C)C)[nH]c5c4)cc3)[nH]1)CC2(F)F)C(C)C. The number of hydrogen-bond donors (Lipinski definition) is 3. The van der Waals surface area contributed by atoms with E-state index < -0.39 is 35.4 Å². The van der Waals surface area contributed by atoms with Crippen LogP contribution < -0.4 is 5.32 Å². The molecular weight excluding hydrogens is 717 g/mol. The van der Waals surface area contributed by atoms with Gasteiger partial charge in [-0.3, -0.25) is 9.59 Å². The van der Waals surface area contributed by atoms with Crippen LogP contribution in [-0.2, 0) is 14.3 Å². The molecule has 3 amide bonds. The Hall–Kier alpha value is -5.25. The number of amides is 3. The van der Waals surface area contributed by atoms with Gasteiger partial charge in [-0.25, -0.2) is 23.5 Å². The van der Waals surface area contributed by atoms with Crippen molar-refractivity contribution in [2.24, 2.45) is 28.6 Å². The summed E-state index contributed by atoms with van der Waals surface area (Å²) in [5, 5.41) is 2.58. The monoisotopic (exact) mass is 765 g/mol. The Labute approximate surface area is 325 Å². The van der Waals surface area contributed by atoms with E-state index in [1.807, 2.05) is 49.4 Å². The van der Waals surface area contributed by atoms with Crippen molar-refractivity contribution in [3.05, 3.63) is 71.4 Å². The summed E-state index contributed by atoms with van der Waals surface area (Å²) in [6.45, 7) is 10.5. The minimum Gasteiger partial charge on any atom is -0.453 e. The first-order valence-corrected chi connectivity index (χ1v) is 19.6. The summed E-state index contributed by atoms with van der Waals surface area (Å²) in [6, 6.07) is 11.9. The highest BCUT2D eigenvalue weighted by atomic mass is 19.3. The third-order valence-electron chi connectivity index (χ3n) is 12.7. The molecule has 294 valence electrons. The first-order chi connectivity index (χ1) is 26.6. The highest BCUT2D eigenvalue weighted by Gasteiger charge is 2.75. The van der Waals surface area contributed by atoms with Crippen LogP contribution in [0.4, 0.5) is 13.6 Å². The second-order valence-corrected chi connectivity index (χ2v) is 17.3. The van der Waals surface area contributed by atoms with Crippen molar-refractivity contribution in [1.82, 2.24) is 35.1 Å². The van der Waals surface area contributed by atoms with E-state index in [1.165, 1.54) is 12.0 Å². The minimum absolute atomic E-state index is 0.0427. The van der Waals surface area contributed by atoms with Gasteiger partial charge in [0.2, 0.25) is 11.8 Å². The number of hydrogen-bond acceptors (Lipinski definition) is 6. The molecule has 2 spiro atoms. The van der Waals surface area contributed by atoms with Crippen molar-refractivity contribution in [3.63, 3.8) is 0 Å². The third-order valence-corrected chi connectivity index (χ3v) is 12.7. The van der Waals surface area contributed by atoms with E-state index in [1.54, 1.807) is 20.0 Å². The predicted octanol–water partition coefficient (Wildman–Crippen LogP) is 7.38. The Balaban J connectivity index is 0.972. The molecule has 13 heteroatoms. The number of halogens is 2. The molecular formula is C43H49F2N7O4. The van der Waals surface area contributed by atoms with Crippen LogP contribution in [0.3, 0.4) is 0 Å². The smallest absolute Gasteiger partial charge is 0.407 e. The number of benzene rings is 2. The van der Waals surface area contributed by atoms with Crippen LogP contribution in [0.15, 0.2) is 48.7 Å². The van der Waals surface area contributed by atoms with Gasteiger partial charge in [-0.2, -0.15) is 0 Å². The molecule has 2 aliphatic carbocycles. The van der Waals surface area contributed by atoms with Crippen LogP contribution in [0, 0.1) is 40.4 Å². The number of fused-ring (bicyclic) bond motifs is 1. The molecule has 2 aromatic carbocycles. The van der Waals surface area contributed by atoms with Crippen molar-refractivity contribution in [1.29, 1.82) is 0 Å². The number of likely N-dealkylation sites (tertiary alicyclic amines) is 2. The molecule has 8 rings (SSSR count). The van der Waals surface area contributed by atoms with E-state index in [9.17, 15) is 23.2 Å². The summed E-state index contributed by atoms with van der Waals surface area (Å²) in [5.74, 6) is 4.58. The average molecular weight is 766 g/mol. The molecule has 3 N–H and O–H groups in total. The zero-order valence-corrected chi connectivity index (χ0v) is 32.7. The molecule has 11 nitrogen and oxygen atoms in total. The Kier molecular flexibility index (Phi) is 9.24. The number of aromatic amines is 2. The Morgan fingerprint density at radius 2 is 1.54 bits per heavy atom. The quantitative estimate of drug-likeness (QED) is 0.160. The van der Waals surface area contributed by atoms with Crippen LogP contribution in [0.5, 0.6) is 0 Å². The van der Waals surface area contributed by atoms with Gasteiger partial charge in [0, 0.05) is 36.6 Å². The number of methoxy groups -OCH3 is 1. The van der Waals surface area contributed by atoms with Crippen LogP contribution in [-0.4, -0.2) is 79.8 Å². The number of imidazole rings is 2. The third kappa shape index (κ3) is 6.81. The van der Waals surface area contributed by atoms with Crippen LogP contribution in [0.2, 0.25) is 0 Å². The van der Waals surface area contributed by atoms with E-state index in [2.05, 4.69) is 50.9 Å². The van der Waals surface area contributed by atoms with Gasteiger partial charge in [0.1, 0.15) is 17.7 Å². The lowest BCUT2D eigenvalue weighted by Crippen LogP contribution is -2.51. The Bertz CT molecular complexity index is 2250. The summed E-state index contributed by atoms with van der Waals surface area (Å²) < 4.78 is 34.1. The topological polar surface area (TPSA) is 136 Å². The summed E-state index contributed by atoms with van der Waals surface area (Å²) in [6.07, 6.45) is 3.94. The molecule has 2 aliphatic heterocycles. The number of nitrogens with zero attached hydrogens (tertiary/aromatic N) is 4. The van der Waals surface area contributed by atoms with Gasteiger partial charge < -0.3 is 29.8 Å². The second-order valence-electron chi connectivity index (χ2n) is 17.3. The lowest BCUT2D eigenvalue weighted by Gasteiger charge is -2.30. The van der Waals surface area contributed by atoms with Crippen molar-refractivity contribution in [3.8, 4) is 23.1 Å². The van der Waals surface area contributed by atoms with E-state index >= 15 is 0 Å². The van der Waals surface area contributed by atoms with Gasteiger partial charge in [-0.05, 0) is 78.8 Å². The van der Waals surface area contributed by atoms with E-state index in [-0.39, 0.29) is 54.5 Å². The van der Waals surface area contributed by atoms with Crippen molar-refractivity contribution in [2.75, 3.05) is 20.2 Å². The Morgan fingerprint density at radius 3 is 2.18 bits per heavy atom. The maximum absolute atomic E-state index is 14.7. The van der Waals surface area contributed by atoms with Gasteiger partial charge in [-0.15, -0.1) is 0 Å². The fourth-order valence-electron chi connectivity index (χ4n) is 8.52. The van der Waals surface area contributed by atoms with Crippen molar-refractivity contribution in [2.45, 2.75) is 90.8 Å². The molecule has 4 aromatic rings. The highest BCUT2D eigenvalue weighted by Crippen LogP contribution is 2.68. The molecule has 1 unspecified atom stereocenters. The van der Waals surface area contributed by atoms with Gasteiger partial charge in [0.25, 0.3) is 5.92 Å². The number of nitrogens with one attached hydrogen (secondary N) is 3. The van der Waals surface area contributed by atoms with Crippen LogP contribution in [0.1, 0.15) is 102 Å². The first kappa shape index (κ1) is 37.7. The summed E-state index contributed by atoms with van der Waals surface area (Å²) in [5.41, 5.74) is 3.80. The molecule has 2 aromatic heterocycles. The number of alkyl carbamates (subject to hydrolysis) is 1. The van der Waals surface area contributed by atoms with Gasteiger partial charge in [-0.1, -0.05) is 58.6 Å². The van der Waals surface area contributed by atoms with E-state index in [4.69, 9.17) is 9.72 Å². The fraction of sp³-hybridized carbons (Fsp3) is 0.512. The maximum atomic E-state index is 14.7. The largest absolute Gasteiger partial charge is 0.453 e. The van der Waals surface area contributed by atoms with Gasteiger partial charge >= 0.3 is 6.09 Å². The molecule has 4 heterocycles. The number of carbonyl (C=O) groups is 3. The number of ether oxygens (including phenoxy) is 1. The maximum Gasteiger partial charge on any atom is 0.407 e. The number of carbonyl (C=O) groups excluding carboxylic acids is 3. The normalized spacial score (nSPS) is 24.1. The Morgan fingerprint density at radius 1 is 0.875 bits per heavy atom. The lowest BCUT2D eigenvalue weighted by atomic mass is 9.96. The highest BCUT2D eigenvalue weighted by molar-refractivity contribution is 5.87. The first-order valence-electron chi connectivity index (χ1n) is 19.6. The molecule has 2 saturated carbocycles. The zero-order chi connectivity index (χ0) is 39.7. The summed E-state index contributed by atoms with van der Waals surface area (Å²) in [4.78, 5) is 59.1. The van der Waals surface area contributed by atoms with Crippen LogP contribution in [0.25, 0.3) is 22.3 Å². The minimum atomic E-state index is -2.87. The number of H-pyrrole nitrogens is 2. The zero-order valence-electron chi connectivity index (χ0n) is 32.7. The second kappa shape index (κ2) is 13.7. The number of aromatic nitrogens is 4. The molecule has 0 bridgehead atoms. The van der Waals surface area contributed by atoms with Gasteiger partial charge in [0.15, 0.2) is 0 Å². The molecule has 4 fully saturated rings. The standard InChI is InChI=1S/C43H49F2N7O4/c1-24(2)26(5)38(53)51-22-41(15-16-41)18-33(51)37-47-30-14-11-28(17-31(30)48-37)8-7-27-9-12-29(13-10-27)32-20-46-36(49-32)34-19-42(21-43(42,44)45)23-52(34)39(54)35(25(3)4)50-40(55)56-6/h9-14,17,20,24-26,33-35H,15-16,18-19,21-23H2,1-6H3,(H,46,49)(H,47,48)(H,50,55)/t26-,33-,34-,35?,42-/m0/s1. The number of rotatable bonds is 8. The van der Waals surface area contributed by atoms with Crippen LogP contribution >= 0.6 is 0 Å². The predicted molar refractivity (Wildman–Crippen MR) is 206 cm³/mol. The summed E-state index contributed by atoms with van der Waals surface area (Å²) in [7, 11) is 1.21. The molecule has 56 heavy (non-hydrogen) atoms. The van der Waals surface area contributed by atoms with Gasteiger partial charge in [0.05, 0.1) is 47.5 Å². The van der Waals surface area contributed by atoms with Crippen molar-refractivity contribution < 1.29 is 27.9 Å². The molecule has 2 saturated heterocycles. The molecule has 5 atom stereocenters. The van der Waals surface area contributed by atoms with E-state index in [0.29, 0.717) is 11.5 Å². The average Bonchev–Trinajstić information content (AvgIpc) is 3.60. The van der Waals surface area contributed by atoms with Crippen molar-refractivity contribution >= 4 is 28.9 Å². The van der Waals surface area contributed by atoms with E-state index in [0.717, 1.165) is 59.4 Å². The molecule has 0 radical (unpaired) electrons. The fourth-order valence-corrected chi connectivity index (χ4v) is 8.52. The molecule has 4 aliphatic rings.